The Morgan fingerprint density at radius 3 is 2.63 bits per heavy atom. The number of nitrogens with zero attached hydrogens (tertiary/aromatic N) is 7. The molecular weight excluding hydrogens is 497 g/mol. The molecule has 0 aromatic carbocycles. The average Bonchev–Trinajstić information content (AvgIpc) is 3.58. The summed E-state index contributed by atoms with van der Waals surface area (Å²) in [7, 11) is 0. The van der Waals surface area contributed by atoms with Crippen LogP contribution in [0, 0.1) is 6.92 Å². The van der Waals surface area contributed by atoms with E-state index in [2.05, 4.69) is 30.6 Å². The van der Waals surface area contributed by atoms with Crippen LogP contribution in [0.5, 0.6) is 0 Å². The number of carbonyl (C=O) groups excluding carboxylic acids is 1. The first-order valence-electron chi connectivity index (χ1n) is 12.1. The summed E-state index contributed by atoms with van der Waals surface area (Å²) in [6, 6.07) is 8.69. The highest BCUT2D eigenvalue weighted by Gasteiger charge is 2.32. The number of likely N-dealkylation sites (tertiary alicyclic amines) is 1. The van der Waals surface area contributed by atoms with Crippen molar-refractivity contribution in [3.05, 3.63) is 77.9 Å². The number of aryl methyl sites for hydroxylation is 1. The molecule has 5 rings (SSSR count). The van der Waals surface area contributed by atoms with Crippen molar-refractivity contribution in [3.63, 3.8) is 0 Å². The summed E-state index contributed by atoms with van der Waals surface area (Å²) in [4.78, 5) is 27.5. The Morgan fingerprint density at radius 2 is 1.87 bits per heavy atom. The summed E-state index contributed by atoms with van der Waals surface area (Å²) in [5.74, 6) is 0.550. The topological polar surface area (TPSA) is 102 Å². The molecule has 2 atom stereocenters. The molecule has 196 valence electrons. The van der Waals surface area contributed by atoms with Gasteiger partial charge in [0.25, 0.3) is 0 Å². The van der Waals surface area contributed by atoms with Crippen LogP contribution in [0.2, 0.25) is 0 Å². The Kier molecular flexibility index (Phi) is 6.79. The van der Waals surface area contributed by atoms with Gasteiger partial charge in [0.15, 0.2) is 0 Å². The van der Waals surface area contributed by atoms with Gasteiger partial charge in [-0.3, -0.25) is 9.78 Å². The highest BCUT2D eigenvalue weighted by Crippen LogP contribution is 2.31. The quantitative estimate of drug-likeness (QED) is 0.389. The molecule has 1 fully saturated rings. The summed E-state index contributed by atoms with van der Waals surface area (Å²) in [6.07, 6.45) is 2.66. The molecule has 1 aliphatic heterocycles. The molecule has 12 heteroatoms. The number of hydrogen-bond acceptors (Lipinski definition) is 7. The third kappa shape index (κ3) is 5.48. The van der Waals surface area contributed by atoms with Gasteiger partial charge in [-0.2, -0.15) is 13.2 Å². The number of pyridine rings is 3. The van der Waals surface area contributed by atoms with E-state index in [-0.39, 0.29) is 17.6 Å². The van der Waals surface area contributed by atoms with Gasteiger partial charge in [0.1, 0.15) is 23.4 Å². The largest absolute Gasteiger partial charge is 0.416 e. The van der Waals surface area contributed by atoms with Gasteiger partial charge in [-0.1, -0.05) is 5.21 Å². The van der Waals surface area contributed by atoms with Crippen LogP contribution in [0.4, 0.5) is 24.8 Å². The van der Waals surface area contributed by atoms with Gasteiger partial charge >= 0.3 is 6.18 Å². The summed E-state index contributed by atoms with van der Waals surface area (Å²) >= 11 is 0. The van der Waals surface area contributed by atoms with E-state index in [0.29, 0.717) is 30.3 Å². The van der Waals surface area contributed by atoms with E-state index in [4.69, 9.17) is 0 Å². The third-order valence-electron chi connectivity index (χ3n) is 6.52. The molecule has 38 heavy (non-hydrogen) atoms. The average molecular weight is 523 g/mol. The predicted octanol–water partition coefficient (Wildman–Crippen LogP) is 4.78. The SMILES string of the molecule is Cc1cc(Nc2cc(C(F)(F)F)ccn2)nc(-c2cn(C(C)C(=O)N3CCC(c4ccncc4)C3)nn2)c1. The highest BCUT2D eigenvalue weighted by molar-refractivity contribution is 5.80. The zero-order chi connectivity index (χ0) is 26.9. The van der Waals surface area contributed by atoms with Crippen molar-refractivity contribution in [2.45, 2.75) is 38.4 Å². The fraction of sp³-hybridized carbons (Fsp3) is 0.308. The molecule has 0 radical (unpaired) electrons. The van der Waals surface area contributed by atoms with Gasteiger partial charge in [0, 0.05) is 37.6 Å². The fourth-order valence-electron chi connectivity index (χ4n) is 4.50. The van der Waals surface area contributed by atoms with Crippen LogP contribution in [0.15, 0.2) is 61.2 Å². The van der Waals surface area contributed by atoms with E-state index in [0.717, 1.165) is 30.3 Å². The lowest BCUT2D eigenvalue weighted by Gasteiger charge is -2.21. The maximum Gasteiger partial charge on any atom is 0.416 e. The molecule has 0 bridgehead atoms. The number of aromatic nitrogens is 6. The van der Waals surface area contributed by atoms with Crippen LogP contribution < -0.4 is 5.32 Å². The fourth-order valence-corrected chi connectivity index (χ4v) is 4.50. The van der Waals surface area contributed by atoms with Gasteiger partial charge in [-0.15, -0.1) is 5.10 Å². The van der Waals surface area contributed by atoms with E-state index >= 15 is 0 Å². The Hall–Kier alpha value is -4.35. The number of amides is 1. The molecule has 5 heterocycles. The molecule has 1 amide bonds. The second kappa shape index (κ2) is 10.2. The molecule has 0 saturated carbocycles. The molecule has 0 aliphatic carbocycles. The Labute approximate surface area is 216 Å². The normalized spacial score (nSPS) is 16.4. The van der Waals surface area contributed by atoms with Gasteiger partial charge in [-0.25, -0.2) is 14.6 Å². The predicted molar refractivity (Wildman–Crippen MR) is 133 cm³/mol. The molecule has 1 saturated heterocycles. The number of hydrogen-bond donors (Lipinski definition) is 1. The van der Waals surface area contributed by atoms with Gasteiger partial charge < -0.3 is 10.2 Å². The van der Waals surface area contributed by atoms with Crippen molar-refractivity contribution in [1.82, 2.24) is 34.8 Å². The first-order chi connectivity index (χ1) is 18.2. The molecule has 0 spiro atoms. The first kappa shape index (κ1) is 25.3. The summed E-state index contributed by atoms with van der Waals surface area (Å²) < 4.78 is 40.7. The lowest BCUT2D eigenvalue weighted by atomic mass is 10.00. The van der Waals surface area contributed by atoms with Crippen molar-refractivity contribution in [3.8, 4) is 11.4 Å². The molecule has 2 unspecified atom stereocenters. The van der Waals surface area contributed by atoms with E-state index in [1.54, 1.807) is 37.6 Å². The van der Waals surface area contributed by atoms with Crippen molar-refractivity contribution in [1.29, 1.82) is 0 Å². The second-order valence-electron chi connectivity index (χ2n) is 9.28. The Bertz CT molecular complexity index is 1440. The maximum absolute atomic E-state index is 13.2. The van der Waals surface area contributed by atoms with Crippen molar-refractivity contribution >= 4 is 17.5 Å². The maximum atomic E-state index is 13.2. The molecule has 1 aliphatic rings. The monoisotopic (exact) mass is 522 g/mol. The minimum Gasteiger partial charge on any atom is -0.340 e. The number of nitrogens with one attached hydrogen (secondary N) is 1. The molecule has 4 aromatic rings. The summed E-state index contributed by atoms with van der Waals surface area (Å²) in [5.41, 5.74) is 2.06. The number of anilines is 2. The van der Waals surface area contributed by atoms with Crippen LogP contribution in [-0.4, -0.2) is 53.8 Å². The van der Waals surface area contributed by atoms with Crippen LogP contribution in [0.3, 0.4) is 0 Å². The lowest BCUT2D eigenvalue weighted by molar-refractivity contribution is -0.137. The molecule has 4 aromatic heterocycles. The van der Waals surface area contributed by atoms with Gasteiger partial charge in [0.05, 0.1) is 17.5 Å². The standard InChI is InChI=1S/C26H25F3N8O/c1-16-11-21(32-24(12-16)33-23-13-20(5-9-31-23)26(27,28)29)22-15-37(35-34-22)17(2)25(38)36-10-6-19(14-36)18-3-7-30-8-4-18/h3-5,7-9,11-13,15,17,19H,6,10,14H2,1-2H3,(H,31,32,33). The van der Waals surface area contributed by atoms with Crippen molar-refractivity contribution in [2.24, 2.45) is 0 Å². The van der Waals surface area contributed by atoms with E-state index in [1.165, 1.54) is 10.2 Å². The number of rotatable bonds is 6. The molecule has 1 N–H and O–H groups in total. The minimum absolute atomic E-state index is 0.0161. The number of halogens is 3. The number of carbonyl (C=O) groups is 1. The highest BCUT2D eigenvalue weighted by atomic mass is 19.4. The molecule has 9 nitrogen and oxygen atoms in total. The number of alkyl halides is 3. The third-order valence-corrected chi connectivity index (χ3v) is 6.52. The summed E-state index contributed by atoms with van der Waals surface area (Å²) in [6.45, 7) is 4.90. The van der Waals surface area contributed by atoms with Crippen molar-refractivity contribution in [2.75, 3.05) is 18.4 Å². The minimum atomic E-state index is -4.48. The molecular formula is C26H25F3N8O. The Balaban J connectivity index is 1.30. The van der Waals surface area contributed by atoms with E-state index < -0.39 is 17.8 Å². The Morgan fingerprint density at radius 1 is 1.08 bits per heavy atom. The second-order valence-corrected chi connectivity index (χ2v) is 9.28. The van der Waals surface area contributed by atoms with Crippen LogP contribution >= 0.6 is 0 Å². The van der Waals surface area contributed by atoms with Crippen LogP contribution in [0.25, 0.3) is 11.4 Å². The van der Waals surface area contributed by atoms with Gasteiger partial charge in [-0.05, 0) is 67.8 Å². The van der Waals surface area contributed by atoms with Crippen molar-refractivity contribution < 1.29 is 18.0 Å². The van der Waals surface area contributed by atoms with E-state index in [9.17, 15) is 18.0 Å². The zero-order valence-electron chi connectivity index (χ0n) is 20.7. The first-order valence-corrected chi connectivity index (χ1v) is 12.1. The van der Waals surface area contributed by atoms with E-state index in [1.807, 2.05) is 24.0 Å². The lowest BCUT2D eigenvalue weighted by Crippen LogP contribution is -2.34. The van der Waals surface area contributed by atoms with Crippen LogP contribution in [-0.2, 0) is 11.0 Å². The smallest absolute Gasteiger partial charge is 0.340 e. The van der Waals surface area contributed by atoms with Crippen LogP contribution in [0.1, 0.15) is 42.0 Å². The zero-order valence-corrected chi connectivity index (χ0v) is 20.7. The van der Waals surface area contributed by atoms with Gasteiger partial charge in [0.2, 0.25) is 5.91 Å². The summed E-state index contributed by atoms with van der Waals surface area (Å²) in [5, 5.41) is 11.2.